The van der Waals surface area contributed by atoms with Crippen molar-refractivity contribution in [2.45, 2.75) is 25.4 Å². The van der Waals surface area contributed by atoms with Gasteiger partial charge in [-0.25, -0.2) is 14.2 Å². The lowest BCUT2D eigenvalue weighted by Crippen LogP contribution is -2.42. The van der Waals surface area contributed by atoms with Gasteiger partial charge in [-0.1, -0.05) is 18.2 Å². The molecular formula is C26H26FN7O2. The minimum absolute atomic E-state index is 0.0340. The highest BCUT2D eigenvalue weighted by molar-refractivity contribution is 5.88. The van der Waals surface area contributed by atoms with Crippen molar-refractivity contribution in [3.05, 3.63) is 70.2 Å². The van der Waals surface area contributed by atoms with Gasteiger partial charge in [-0.2, -0.15) is 5.10 Å². The Labute approximate surface area is 207 Å². The molecule has 3 heterocycles. The molecule has 1 saturated heterocycles. The average Bonchev–Trinajstić information content (AvgIpc) is 3.30. The first-order valence-electron chi connectivity index (χ1n) is 11.8. The molecule has 1 aliphatic rings. The number of hydrogen-bond acceptors (Lipinski definition) is 6. The molecule has 9 nitrogen and oxygen atoms in total. The van der Waals surface area contributed by atoms with Gasteiger partial charge in [0.15, 0.2) is 0 Å². The van der Waals surface area contributed by atoms with E-state index in [-0.39, 0.29) is 17.9 Å². The van der Waals surface area contributed by atoms with Crippen molar-refractivity contribution in [3.63, 3.8) is 0 Å². The van der Waals surface area contributed by atoms with Crippen LogP contribution in [0.15, 0.2) is 47.4 Å². The smallest absolute Gasteiger partial charge is 0.260 e. The Balaban J connectivity index is 1.65. The number of aliphatic hydroxyl groups excluding tert-OH is 1. The third-order valence-electron chi connectivity index (χ3n) is 6.62. The van der Waals surface area contributed by atoms with Crippen LogP contribution in [0.25, 0.3) is 38.1 Å². The predicted octanol–water partition coefficient (Wildman–Crippen LogP) is 3.32. The summed E-state index contributed by atoms with van der Waals surface area (Å²) in [5.41, 5.74) is 2.01. The van der Waals surface area contributed by atoms with E-state index >= 15 is 0 Å². The molecule has 36 heavy (non-hydrogen) atoms. The minimum atomic E-state index is -0.660. The highest BCUT2D eigenvalue weighted by Crippen LogP contribution is 2.33. The van der Waals surface area contributed by atoms with E-state index in [1.807, 2.05) is 18.0 Å². The van der Waals surface area contributed by atoms with E-state index in [1.54, 1.807) is 29.1 Å². The summed E-state index contributed by atoms with van der Waals surface area (Å²) < 4.78 is 16.3. The molecule has 5 rings (SSSR count). The molecule has 0 radical (unpaired) electrons. The fraction of sp³-hybridized carbons (Fsp3) is 0.308. The van der Waals surface area contributed by atoms with E-state index in [1.165, 1.54) is 12.1 Å². The summed E-state index contributed by atoms with van der Waals surface area (Å²) in [6.45, 7) is 8.95. The third kappa shape index (κ3) is 4.46. The van der Waals surface area contributed by atoms with Crippen LogP contribution in [0.3, 0.4) is 0 Å². The maximum absolute atomic E-state index is 14.6. The van der Waals surface area contributed by atoms with Gasteiger partial charge in [0.2, 0.25) is 11.6 Å². The zero-order valence-electron chi connectivity index (χ0n) is 19.8. The zero-order valence-corrected chi connectivity index (χ0v) is 19.8. The lowest BCUT2D eigenvalue weighted by molar-refractivity contribution is 0.270. The first-order valence-corrected chi connectivity index (χ1v) is 11.8. The summed E-state index contributed by atoms with van der Waals surface area (Å²) in [5.74, 6) is -0.215. The molecule has 0 aliphatic carbocycles. The number of hydrogen-bond donors (Lipinski definition) is 3. The van der Waals surface area contributed by atoms with Crippen LogP contribution in [0.1, 0.15) is 12.8 Å². The lowest BCUT2D eigenvalue weighted by atomic mass is 9.99. The number of halogens is 1. The number of aliphatic hydroxyl groups is 1. The van der Waals surface area contributed by atoms with Crippen LogP contribution in [-0.4, -0.2) is 57.6 Å². The first-order chi connectivity index (χ1) is 17.5. The third-order valence-corrected chi connectivity index (χ3v) is 6.62. The zero-order chi connectivity index (χ0) is 25.2. The second-order valence-corrected chi connectivity index (χ2v) is 8.83. The molecule has 1 fully saturated rings. The van der Waals surface area contributed by atoms with Gasteiger partial charge in [-0.15, -0.1) is 0 Å². The number of aromatic amines is 1. The summed E-state index contributed by atoms with van der Waals surface area (Å²) >= 11 is 0. The van der Waals surface area contributed by atoms with Crippen LogP contribution >= 0.6 is 0 Å². The number of benzene rings is 2. The van der Waals surface area contributed by atoms with Crippen LogP contribution in [0, 0.1) is 12.4 Å². The van der Waals surface area contributed by atoms with Crippen LogP contribution < -0.4 is 15.8 Å². The van der Waals surface area contributed by atoms with Crippen molar-refractivity contribution in [2.75, 3.05) is 31.6 Å². The summed E-state index contributed by atoms with van der Waals surface area (Å²) in [7, 11) is 1.94. The molecular weight excluding hydrogens is 461 g/mol. The highest BCUT2D eigenvalue weighted by Gasteiger charge is 2.23. The number of H-pyrrole nitrogens is 1. The molecule has 0 bridgehead atoms. The molecule has 4 aromatic rings. The minimum Gasteiger partial charge on any atom is -0.394 e. The van der Waals surface area contributed by atoms with Crippen LogP contribution in [0.4, 0.5) is 16.0 Å². The molecule has 1 aliphatic heterocycles. The van der Waals surface area contributed by atoms with Crippen molar-refractivity contribution in [1.82, 2.24) is 25.1 Å². The number of fused-ring (bicyclic) bond motifs is 1. The molecule has 0 atom stereocenters. The summed E-state index contributed by atoms with van der Waals surface area (Å²) in [6, 6.07) is 10.1. The van der Waals surface area contributed by atoms with Gasteiger partial charge >= 0.3 is 0 Å². The molecule has 0 spiro atoms. The average molecular weight is 488 g/mol. The maximum atomic E-state index is 14.6. The highest BCUT2D eigenvalue weighted by atomic mass is 19.1. The van der Waals surface area contributed by atoms with E-state index in [0.29, 0.717) is 40.9 Å². The van der Waals surface area contributed by atoms with Crippen molar-refractivity contribution >= 4 is 22.5 Å². The maximum Gasteiger partial charge on any atom is 0.260 e. The van der Waals surface area contributed by atoms with E-state index in [9.17, 15) is 14.3 Å². The van der Waals surface area contributed by atoms with Gasteiger partial charge in [0, 0.05) is 36.3 Å². The van der Waals surface area contributed by atoms with Gasteiger partial charge in [0.25, 0.3) is 5.56 Å². The van der Waals surface area contributed by atoms with E-state index < -0.39 is 5.82 Å². The first kappa shape index (κ1) is 23.7. The number of rotatable bonds is 6. The van der Waals surface area contributed by atoms with E-state index in [4.69, 9.17) is 11.6 Å². The van der Waals surface area contributed by atoms with Gasteiger partial charge in [-0.3, -0.25) is 14.5 Å². The standard InChI is InChI=1S/C26H26FN7O2/c1-28-19-7-9-33(10-8-19)26-30-24(17-4-6-22(29-2)20(27)14-17)23(25(36)31-26)16-3-5-21-18(13-16)15-34(32-21)11-12-35/h3-6,13-15,19,28,35H,7-12H2,1H3,(H,30,31,36). The Morgan fingerprint density at radius 1 is 1.22 bits per heavy atom. The van der Waals surface area contributed by atoms with Crippen molar-refractivity contribution in [1.29, 1.82) is 0 Å². The predicted molar refractivity (Wildman–Crippen MR) is 137 cm³/mol. The Morgan fingerprint density at radius 2 is 2.00 bits per heavy atom. The number of anilines is 1. The SMILES string of the molecule is [C-]#[N+]c1ccc(-c2nc(N3CCC(NC)CC3)[nH]c(=O)c2-c2ccc3nn(CCO)cc3c2)cc1F. The second-order valence-electron chi connectivity index (χ2n) is 8.83. The number of nitrogens with one attached hydrogen (secondary N) is 2. The Hall–Kier alpha value is -4.07. The van der Waals surface area contributed by atoms with Crippen molar-refractivity contribution in [2.24, 2.45) is 0 Å². The van der Waals surface area contributed by atoms with Gasteiger partial charge in [0.1, 0.15) is 5.82 Å². The molecule has 0 saturated carbocycles. The van der Waals surface area contributed by atoms with Crippen LogP contribution in [0.2, 0.25) is 0 Å². The summed E-state index contributed by atoms with van der Waals surface area (Å²) in [4.78, 5) is 26.5. The molecule has 10 heteroatoms. The van der Waals surface area contributed by atoms with Gasteiger partial charge < -0.3 is 15.3 Å². The number of nitrogens with zero attached hydrogens (tertiary/aromatic N) is 5. The topological polar surface area (TPSA) is 103 Å². The fourth-order valence-corrected chi connectivity index (χ4v) is 4.66. The Morgan fingerprint density at radius 3 is 2.69 bits per heavy atom. The van der Waals surface area contributed by atoms with Crippen molar-refractivity contribution < 1.29 is 9.50 Å². The molecule has 184 valence electrons. The summed E-state index contributed by atoms with van der Waals surface area (Å²) in [6.07, 6.45) is 3.64. The molecule has 2 aromatic carbocycles. The monoisotopic (exact) mass is 487 g/mol. The Bertz CT molecular complexity index is 1510. The largest absolute Gasteiger partial charge is 0.394 e. The molecule has 3 N–H and O–H groups in total. The van der Waals surface area contributed by atoms with Crippen molar-refractivity contribution in [3.8, 4) is 22.4 Å². The second kappa shape index (κ2) is 9.89. The Kier molecular flexibility index (Phi) is 6.50. The molecule has 0 unspecified atom stereocenters. The molecule has 0 amide bonds. The fourth-order valence-electron chi connectivity index (χ4n) is 4.66. The van der Waals surface area contributed by atoms with Gasteiger partial charge in [-0.05, 0) is 43.7 Å². The van der Waals surface area contributed by atoms with Crippen LogP contribution in [-0.2, 0) is 6.54 Å². The van der Waals surface area contributed by atoms with E-state index in [0.717, 1.165) is 36.8 Å². The number of aromatic nitrogens is 4. The quantitative estimate of drug-likeness (QED) is 0.361. The number of piperidine rings is 1. The summed E-state index contributed by atoms with van der Waals surface area (Å²) in [5, 5.41) is 17.7. The normalized spacial score (nSPS) is 14.3. The van der Waals surface area contributed by atoms with E-state index in [2.05, 4.69) is 20.2 Å². The lowest BCUT2D eigenvalue weighted by Gasteiger charge is -2.32. The van der Waals surface area contributed by atoms with Crippen LogP contribution in [0.5, 0.6) is 0 Å². The molecule has 2 aromatic heterocycles. The van der Waals surface area contributed by atoms with Gasteiger partial charge in [0.05, 0.1) is 36.5 Å².